The molecule has 0 amide bonds. The average Bonchev–Trinajstić information content (AvgIpc) is 3.44. The van der Waals surface area contributed by atoms with Gasteiger partial charge in [-0.25, -0.2) is 0 Å². The molecule has 2 aromatic carbocycles. The number of nitrogens with zero attached hydrogens (tertiary/aromatic N) is 2. The van der Waals surface area contributed by atoms with E-state index in [2.05, 4.69) is 67.0 Å². The van der Waals surface area contributed by atoms with Crippen molar-refractivity contribution >= 4 is 11.3 Å². The number of hydrogen-bond donors (Lipinski definition) is 0. The van der Waals surface area contributed by atoms with Crippen molar-refractivity contribution in [2.45, 2.75) is 65.8 Å². The zero-order valence-electron chi connectivity index (χ0n) is 26.1. The van der Waals surface area contributed by atoms with Gasteiger partial charge < -0.3 is 19.1 Å². The van der Waals surface area contributed by atoms with Gasteiger partial charge in [-0.3, -0.25) is 4.90 Å². The van der Waals surface area contributed by atoms with Crippen LogP contribution in [0.3, 0.4) is 0 Å². The Morgan fingerprint density at radius 3 is 2.10 bits per heavy atom. The molecule has 1 aromatic heterocycles. The Kier molecular flexibility index (Phi) is 12.0. The number of hydrogen-bond acceptors (Lipinski definition) is 6. The highest BCUT2D eigenvalue weighted by molar-refractivity contribution is 7.11. The Balaban J connectivity index is 1.13. The van der Waals surface area contributed by atoms with Crippen molar-refractivity contribution < 1.29 is 14.2 Å². The maximum absolute atomic E-state index is 5.69. The third kappa shape index (κ3) is 8.97. The van der Waals surface area contributed by atoms with Gasteiger partial charge in [0.1, 0.15) is 0 Å². The average molecular weight is 579 g/mol. The molecule has 0 bridgehead atoms. The highest BCUT2D eigenvalue weighted by Crippen LogP contribution is 2.40. The lowest BCUT2D eigenvalue weighted by Gasteiger charge is -2.35. The quantitative estimate of drug-likeness (QED) is 0.188. The fraction of sp³-hybridized carbons (Fsp3) is 0.543. The Hall–Kier alpha value is -2.54. The molecule has 0 N–H and O–H groups in total. The molecule has 1 atom stereocenters. The first kappa shape index (κ1) is 31.4. The van der Waals surface area contributed by atoms with Crippen LogP contribution in [0.1, 0.15) is 58.2 Å². The van der Waals surface area contributed by atoms with E-state index in [1.54, 1.807) is 31.1 Å². The van der Waals surface area contributed by atoms with Gasteiger partial charge in [-0.05, 0) is 94.2 Å². The topological polar surface area (TPSA) is 34.2 Å². The fourth-order valence-electron chi connectivity index (χ4n) is 5.91. The van der Waals surface area contributed by atoms with E-state index in [0.29, 0.717) is 11.5 Å². The predicted molar refractivity (Wildman–Crippen MR) is 172 cm³/mol. The molecule has 0 saturated carbocycles. The summed E-state index contributed by atoms with van der Waals surface area (Å²) in [6, 6.07) is 15.7. The highest BCUT2D eigenvalue weighted by atomic mass is 32.1. The summed E-state index contributed by atoms with van der Waals surface area (Å²) in [5, 5.41) is 0. The van der Waals surface area contributed by atoms with Gasteiger partial charge >= 0.3 is 0 Å². The second-order valence-corrected chi connectivity index (χ2v) is 12.9. The van der Waals surface area contributed by atoms with Crippen LogP contribution in [0.2, 0.25) is 0 Å². The normalized spacial score (nSPS) is 15.2. The van der Waals surface area contributed by atoms with Crippen molar-refractivity contribution in [1.29, 1.82) is 0 Å². The predicted octanol–water partition coefficient (Wildman–Crippen LogP) is 7.34. The van der Waals surface area contributed by atoms with Crippen LogP contribution in [0.4, 0.5) is 0 Å². The van der Waals surface area contributed by atoms with Gasteiger partial charge in [-0.15, -0.1) is 11.3 Å². The van der Waals surface area contributed by atoms with Gasteiger partial charge in [0.2, 0.25) is 5.75 Å². The second-order valence-electron chi connectivity index (χ2n) is 11.7. The zero-order valence-corrected chi connectivity index (χ0v) is 26.9. The Bertz CT molecular complexity index is 1230. The molecule has 1 aliphatic heterocycles. The monoisotopic (exact) mass is 578 g/mol. The van der Waals surface area contributed by atoms with E-state index in [-0.39, 0.29) is 0 Å². The van der Waals surface area contributed by atoms with Crippen molar-refractivity contribution in [3.8, 4) is 17.2 Å². The lowest BCUT2D eigenvalue weighted by Crippen LogP contribution is -2.46. The van der Waals surface area contributed by atoms with Crippen molar-refractivity contribution in [2.24, 2.45) is 5.92 Å². The second kappa shape index (κ2) is 15.6. The summed E-state index contributed by atoms with van der Waals surface area (Å²) < 4.78 is 16.7. The van der Waals surface area contributed by atoms with E-state index in [1.165, 1.54) is 61.8 Å². The molecule has 2 heterocycles. The number of piperazine rings is 1. The molecule has 41 heavy (non-hydrogen) atoms. The summed E-state index contributed by atoms with van der Waals surface area (Å²) in [6.45, 7) is 13.3. The molecule has 0 spiro atoms. The summed E-state index contributed by atoms with van der Waals surface area (Å²) in [5.41, 5.74) is 5.43. The minimum atomic E-state index is 0.673. The van der Waals surface area contributed by atoms with Crippen molar-refractivity contribution in [1.82, 2.24) is 9.80 Å². The molecule has 0 aliphatic carbocycles. The van der Waals surface area contributed by atoms with Crippen LogP contribution in [0.25, 0.3) is 0 Å². The first-order valence-corrected chi connectivity index (χ1v) is 16.1. The number of benzene rings is 2. The first-order chi connectivity index (χ1) is 19.9. The van der Waals surface area contributed by atoms with E-state index >= 15 is 0 Å². The molecular weight excluding hydrogens is 528 g/mol. The van der Waals surface area contributed by atoms with Crippen LogP contribution < -0.4 is 14.2 Å². The van der Waals surface area contributed by atoms with E-state index in [1.807, 2.05) is 17.4 Å². The number of thiophene rings is 1. The maximum Gasteiger partial charge on any atom is 0.203 e. The minimum Gasteiger partial charge on any atom is -0.493 e. The van der Waals surface area contributed by atoms with Crippen LogP contribution in [-0.2, 0) is 25.8 Å². The Morgan fingerprint density at radius 1 is 0.732 bits per heavy atom. The fourth-order valence-corrected chi connectivity index (χ4v) is 6.98. The third-order valence-electron chi connectivity index (χ3n) is 8.55. The molecule has 1 fully saturated rings. The number of methoxy groups -OCH3 is 3. The zero-order chi connectivity index (χ0) is 29.2. The Morgan fingerprint density at radius 2 is 1.41 bits per heavy atom. The van der Waals surface area contributed by atoms with Crippen molar-refractivity contribution in [2.75, 3.05) is 54.1 Å². The number of ether oxygens (including phenoxy) is 3. The maximum atomic E-state index is 5.69. The number of aryl methyl sites for hydroxylation is 5. The van der Waals surface area contributed by atoms with E-state index in [4.69, 9.17) is 14.2 Å². The van der Waals surface area contributed by atoms with Crippen LogP contribution in [0, 0.1) is 19.8 Å². The van der Waals surface area contributed by atoms with Crippen LogP contribution in [0.5, 0.6) is 17.2 Å². The molecule has 5 nitrogen and oxygen atoms in total. The third-order valence-corrected chi connectivity index (χ3v) is 9.76. The standard InChI is InChI=1S/C35H50N2O3S/c1-26(11-14-32-16-15-31(41-32)9-7-8-29-12-10-27(2)24-28(29)3)18-19-36-20-22-37(23-21-36)25-30-13-17-33(38-4)35(40-6)34(30)39-5/h10,12-13,15-17,24,26H,7-9,11,14,18-23,25H2,1-6H3. The van der Waals surface area contributed by atoms with Crippen LogP contribution >= 0.6 is 11.3 Å². The van der Waals surface area contributed by atoms with Gasteiger partial charge in [-0.1, -0.05) is 36.8 Å². The molecule has 6 heteroatoms. The van der Waals surface area contributed by atoms with Gasteiger partial charge in [0, 0.05) is 48.0 Å². The summed E-state index contributed by atoms with van der Waals surface area (Å²) in [7, 11) is 5.02. The Labute approximate surface area is 252 Å². The molecular formula is C35H50N2O3S. The molecule has 4 rings (SSSR count). The van der Waals surface area contributed by atoms with Gasteiger partial charge in [0.05, 0.1) is 21.3 Å². The molecule has 3 aromatic rings. The lowest BCUT2D eigenvalue weighted by atomic mass is 10.0. The lowest BCUT2D eigenvalue weighted by molar-refractivity contribution is 0.121. The van der Waals surface area contributed by atoms with Crippen molar-refractivity contribution in [3.63, 3.8) is 0 Å². The summed E-state index contributed by atoms with van der Waals surface area (Å²) in [6.07, 6.45) is 7.37. The van der Waals surface area contributed by atoms with Crippen LogP contribution in [-0.4, -0.2) is 63.9 Å². The molecule has 1 unspecified atom stereocenters. The smallest absolute Gasteiger partial charge is 0.203 e. The summed E-state index contributed by atoms with van der Waals surface area (Å²) in [4.78, 5) is 8.25. The van der Waals surface area contributed by atoms with Gasteiger partial charge in [0.15, 0.2) is 11.5 Å². The molecule has 224 valence electrons. The van der Waals surface area contributed by atoms with Gasteiger partial charge in [-0.2, -0.15) is 0 Å². The SMILES string of the molecule is COc1ccc(CN2CCN(CCC(C)CCc3ccc(CCCc4ccc(C)cc4C)s3)CC2)c(OC)c1OC. The largest absolute Gasteiger partial charge is 0.493 e. The van der Waals surface area contributed by atoms with Gasteiger partial charge in [0.25, 0.3) is 0 Å². The van der Waals surface area contributed by atoms with Crippen LogP contribution in [0.15, 0.2) is 42.5 Å². The van der Waals surface area contributed by atoms with E-state index < -0.39 is 0 Å². The highest BCUT2D eigenvalue weighted by Gasteiger charge is 2.21. The molecule has 0 radical (unpaired) electrons. The van der Waals surface area contributed by atoms with E-state index in [9.17, 15) is 0 Å². The van der Waals surface area contributed by atoms with Crippen molar-refractivity contribution in [3.05, 3.63) is 74.5 Å². The summed E-state index contributed by atoms with van der Waals surface area (Å²) in [5.74, 6) is 2.90. The van der Waals surface area contributed by atoms with E-state index in [0.717, 1.165) is 50.0 Å². The first-order valence-electron chi connectivity index (χ1n) is 15.3. The molecule has 1 saturated heterocycles. The minimum absolute atomic E-state index is 0.673. The summed E-state index contributed by atoms with van der Waals surface area (Å²) >= 11 is 2.03. The number of rotatable bonds is 15. The molecule has 1 aliphatic rings.